The average Bonchev–Trinajstić information content (AvgIpc) is 2.83. The maximum atomic E-state index is 11.5. The van der Waals surface area contributed by atoms with Gasteiger partial charge in [-0.15, -0.1) is 0 Å². The van der Waals surface area contributed by atoms with Crippen LogP contribution in [0.3, 0.4) is 0 Å². The Labute approximate surface area is 105 Å². The van der Waals surface area contributed by atoms with Crippen molar-refractivity contribution in [3.05, 3.63) is 60.3 Å². The number of hydrogen-bond donors (Lipinski definition) is 1. The standard InChI is InChI=1S/C13H13N3O2/c1-3-11(17)15-12(10-7-5-4-6-8-10)13-14-9(2)16-18-13/h3-8,12H,1H2,2H3,(H,15,17)/t12-/m1/s1. The first kappa shape index (κ1) is 12.0. The van der Waals surface area contributed by atoms with Gasteiger partial charge in [0.1, 0.15) is 6.04 Å². The number of amides is 1. The van der Waals surface area contributed by atoms with Crippen LogP contribution in [0.5, 0.6) is 0 Å². The van der Waals surface area contributed by atoms with Crippen LogP contribution < -0.4 is 5.32 Å². The van der Waals surface area contributed by atoms with Crippen LogP contribution in [-0.2, 0) is 4.79 Å². The Morgan fingerprint density at radius 3 is 2.72 bits per heavy atom. The molecule has 1 aromatic carbocycles. The van der Waals surface area contributed by atoms with Crippen molar-refractivity contribution < 1.29 is 9.32 Å². The van der Waals surface area contributed by atoms with Gasteiger partial charge in [0, 0.05) is 0 Å². The second-order valence-corrected chi connectivity index (χ2v) is 3.74. The zero-order chi connectivity index (χ0) is 13.0. The number of benzene rings is 1. The Bertz CT molecular complexity index is 548. The van der Waals surface area contributed by atoms with Gasteiger partial charge in [-0.2, -0.15) is 4.98 Å². The minimum atomic E-state index is -0.460. The minimum Gasteiger partial charge on any atom is -0.337 e. The lowest BCUT2D eigenvalue weighted by atomic mass is 10.1. The van der Waals surface area contributed by atoms with E-state index in [0.717, 1.165) is 5.56 Å². The summed E-state index contributed by atoms with van der Waals surface area (Å²) >= 11 is 0. The normalized spacial score (nSPS) is 11.8. The number of aryl methyl sites for hydroxylation is 1. The van der Waals surface area contributed by atoms with Crippen LogP contribution in [0.4, 0.5) is 0 Å². The number of rotatable bonds is 4. The maximum absolute atomic E-state index is 11.5. The summed E-state index contributed by atoms with van der Waals surface area (Å²) in [6.45, 7) is 5.15. The van der Waals surface area contributed by atoms with Crippen molar-refractivity contribution in [3.8, 4) is 0 Å². The van der Waals surface area contributed by atoms with Crippen molar-refractivity contribution in [1.82, 2.24) is 15.5 Å². The molecule has 1 N–H and O–H groups in total. The first-order valence-corrected chi connectivity index (χ1v) is 5.49. The molecule has 1 atom stereocenters. The molecule has 0 aliphatic heterocycles. The van der Waals surface area contributed by atoms with E-state index in [1.54, 1.807) is 6.92 Å². The smallest absolute Gasteiger partial charge is 0.253 e. The summed E-state index contributed by atoms with van der Waals surface area (Å²) in [6.07, 6.45) is 1.21. The number of nitrogens with zero attached hydrogens (tertiary/aromatic N) is 2. The van der Waals surface area contributed by atoms with Crippen molar-refractivity contribution >= 4 is 5.91 Å². The van der Waals surface area contributed by atoms with E-state index in [1.165, 1.54) is 6.08 Å². The molecule has 0 saturated heterocycles. The molecule has 1 heterocycles. The van der Waals surface area contributed by atoms with Gasteiger partial charge in [0.25, 0.3) is 5.89 Å². The van der Waals surface area contributed by atoms with Crippen molar-refractivity contribution in [2.75, 3.05) is 0 Å². The average molecular weight is 243 g/mol. The van der Waals surface area contributed by atoms with Crippen LogP contribution in [0, 0.1) is 6.92 Å². The summed E-state index contributed by atoms with van der Waals surface area (Å²) in [5.74, 6) is 0.590. The first-order valence-electron chi connectivity index (χ1n) is 5.49. The summed E-state index contributed by atoms with van der Waals surface area (Å²) in [7, 11) is 0. The van der Waals surface area contributed by atoms with Gasteiger partial charge < -0.3 is 9.84 Å². The summed E-state index contributed by atoms with van der Waals surface area (Å²) in [5, 5.41) is 6.49. The Morgan fingerprint density at radius 1 is 1.44 bits per heavy atom. The highest BCUT2D eigenvalue weighted by Crippen LogP contribution is 2.20. The van der Waals surface area contributed by atoms with Gasteiger partial charge in [-0.05, 0) is 18.6 Å². The van der Waals surface area contributed by atoms with Crippen molar-refractivity contribution in [2.24, 2.45) is 0 Å². The monoisotopic (exact) mass is 243 g/mol. The molecule has 0 spiro atoms. The molecule has 0 bridgehead atoms. The molecule has 1 aromatic heterocycles. The third kappa shape index (κ3) is 2.63. The molecule has 0 radical (unpaired) electrons. The van der Waals surface area contributed by atoms with Crippen LogP contribution in [0.2, 0.25) is 0 Å². The summed E-state index contributed by atoms with van der Waals surface area (Å²) in [6, 6.07) is 8.96. The van der Waals surface area contributed by atoms with Crippen molar-refractivity contribution in [3.63, 3.8) is 0 Å². The Balaban J connectivity index is 2.34. The van der Waals surface area contributed by atoms with Gasteiger partial charge in [-0.3, -0.25) is 4.79 Å². The molecule has 18 heavy (non-hydrogen) atoms. The molecule has 2 aromatic rings. The second kappa shape index (κ2) is 5.27. The third-order valence-electron chi connectivity index (χ3n) is 2.40. The van der Waals surface area contributed by atoms with E-state index in [4.69, 9.17) is 4.52 Å². The number of carbonyl (C=O) groups excluding carboxylic acids is 1. The minimum absolute atomic E-state index is 0.292. The van der Waals surface area contributed by atoms with Crippen LogP contribution in [-0.4, -0.2) is 16.0 Å². The van der Waals surface area contributed by atoms with Crippen molar-refractivity contribution in [2.45, 2.75) is 13.0 Å². The molecule has 0 aliphatic carbocycles. The molecule has 0 unspecified atom stereocenters. The van der Waals surface area contributed by atoms with E-state index in [2.05, 4.69) is 22.0 Å². The molecular formula is C13H13N3O2. The maximum Gasteiger partial charge on any atom is 0.253 e. The number of carbonyl (C=O) groups is 1. The predicted molar refractivity (Wildman–Crippen MR) is 65.7 cm³/mol. The van der Waals surface area contributed by atoms with Gasteiger partial charge in [0.15, 0.2) is 5.82 Å². The van der Waals surface area contributed by atoms with Crippen LogP contribution in [0.15, 0.2) is 47.5 Å². The number of aromatic nitrogens is 2. The first-order chi connectivity index (χ1) is 8.70. The summed E-state index contributed by atoms with van der Waals surface area (Å²) in [5.41, 5.74) is 0.872. The topological polar surface area (TPSA) is 68.0 Å². The molecule has 1 amide bonds. The molecule has 92 valence electrons. The predicted octanol–water partition coefficient (Wildman–Crippen LogP) is 1.77. The van der Waals surface area contributed by atoms with Gasteiger partial charge in [0.05, 0.1) is 0 Å². The zero-order valence-corrected chi connectivity index (χ0v) is 9.96. The summed E-state index contributed by atoms with van der Waals surface area (Å²) < 4.78 is 5.12. The molecule has 5 nitrogen and oxygen atoms in total. The van der Waals surface area contributed by atoms with Gasteiger partial charge in [-0.1, -0.05) is 42.1 Å². The van der Waals surface area contributed by atoms with E-state index >= 15 is 0 Å². The zero-order valence-electron chi connectivity index (χ0n) is 9.96. The number of nitrogens with one attached hydrogen (secondary N) is 1. The van der Waals surface area contributed by atoms with Crippen molar-refractivity contribution in [1.29, 1.82) is 0 Å². The fourth-order valence-corrected chi connectivity index (χ4v) is 1.56. The fourth-order valence-electron chi connectivity index (χ4n) is 1.56. The summed E-state index contributed by atoms with van der Waals surface area (Å²) in [4.78, 5) is 15.6. The molecule has 2 rings (SSSR count). The van der Waals surface area contributed by atoms with Crippen LogP contribution in [0.1, 0.15) is 23.3 Å². The molecule has 5 heteroatoms. The quantitative estimate of drug-likeness (QED) is 0.831. The molecular weight excluding hydrogens is 230 g/mol. The highest BCUT2D eigenvalue weighted by atomic mass is 16.5. The molecule has 0 fully saturated rings. The van der Waals surface area contributed by atoms with E-state index in [1.807, 2.05) is 30.3 Å². The fraction of sp³-hybridized carbons (Fsp3) is 0.154. The Kier molecular flexibility index (Phi) is 3.52. The third-order valence-corrected chi connectivity index (χ3v) is 2.40. The SMILES string of the molecule is C=CC(=O)N[C@H](c1ccccc1)c1nc(C)no1. The molecule has 0 saturated carbocycles. The Morgan fingerprint density at radius 2 is 2.17 bits per heavy atom. The van der Waals surface area contributed by atoms with Gasteiger partial charge in [-0.25, -0.2) is 0 Å². The van der Waals surface area contributed by atoms with E-state index in [9.17, 15) is 4.79 Å². The lowest BCUT2D eigenvalue weighted by molar-refractivity contribution is -0.117. The highest BCUT2D eigenvalue weighted by molar-refractivity contribution is 5.87. The highest BCUT2D eigenvalue weighted by Gasteiger charge is 2.21. The van der Waals surface area contributed by atoms with Crippen LogP contribution >= 0.6 is 0 Å². The largest absolute Gasteiger partial charge is 0.337 e. The Hall–Kier alpha value is -2.43. The van der Waals surface area contributed by atoms with Gasteiger partial charge in [0.2, 0.25) is 5.91 Å². The number of hydrogen-bond acceptors (Lipinski definition) is 4. The van der Waals surface area contributed by atoms with E-state index < -0.39 is 6.04 Å². The second-order valence-electron chi connectivity index (χ2n) is 3.74. The van der Waals surface area contributed by atoms with Gasteiger partial charge >= 0.3 is 0 Å². The lowest BCUT2D eigenvalue weighted by Crippen LogP contribution is -2.27. The van der Waals surface area contributed by atoms with E-state index in [-0.39, 0.29) is 5.91 Å². The molecule has 0 aliphatic rings. The van der Waals surface area contributed by atoms with E-state index in [0.29, 0.717) is 11.7 Å². The van der Waals surface area contributed by atoms with Crippen LogP contribution in [0.25, 0.3) is 0 Å². The lowest BCUT2D eigenvalue weighted by Gasteiger charge is -2.13.